The van der Waals surface area contributed by atoms with Crippen molar-refractivity contribution in [1.29, 1.82) is 0 Å². The molecule has 86 valence electrons. The third-order valence-electron chi connectivity index (χ3n) is 2.18. The number of hydrogen-bond donors (Lipinski definition) is 2. The Hall–Kier alpha value is 0.620. The predicted octanol–water partition coefficient (Wildman–Crippen LogP) is 1.83. The van der Waals surface area contributed by atoms with Gasteiger partial charge in [-0.25, -0.2) is 0 Å². The molecular weight excluding hydrogens is 214 g/mol. The molecule has 0 heterocycles. The normalized spacial score (nSPS) is 15.4. The van der Waals surface area contributed by atoms with Crippen LogP contribution >= 0.6 is 23.5 Å². The molecule has 0 bridgehead atoms. The standard InChI is InChI=1S/C10H23NOS2/c1-4-14-7-5-6-11-9(2)10(8-12)13-3/h9-12H,4-8H2,1-3H3. The lowest BCUT2D eigenvalue weighted by molar-refractivity contribution is 0.276. The smallest absolute Gasteiger partial charge is 0.0564 e. The Kier molecular flexibility index (Phi) is 10.6. The van der Waals surface area contributed by atoms with Gasteiger partial charge in [-0.2, -0.15) is 23.5 Å². The van der Waals surface area contributed by atoms with Crippen LogP contribution in [-0.4, -0.2) is 47.3 Å². The Morgan fingerprint density at radius 1 is 1.43 bits per heavy atom. The van der Waals surface area contributed by atoms with E-state index in [1.165, 1.54) is 17.9 Å². The highest BCUT2D eigenvalue weighted by Crippen LogP contribution is 2.10. The molecule has 0 aromatic rings. The summed E-state index contributed by atoms with van der Waals surface area (Å²) >= 11 is 3.71. The van der Waals surface area contributed by atoms with Crippen molar-refractivity contribution >= 4 is 23.5 Å². The van der Waals surface area contributed by atoms with Gasteiger partial charge in [0, 0.05) is 11.3 Å². The van der Waals surface area contributed by atoms with Crippen LogP contribution in [0.15, 0.2) is 0 Å². The zero-order chi connectivity index (χ0) is 10.8. The first-order valence-corrected chi connectivity index (χ1v) is 7.65. The van der Waals surface area contributed by atoms with Gasteiger partial charge in [-0.3, -0.25) is 0 Å². The summed E-state index contributed by atoms with van der Waals surface area (Å²) < 4.78 is 0. The maximum absolute atomic E-state index is 9.07. The SMILES string of the molecule is CCSCCCNC(C)C(CO)SC. The van der Waals surface area contributed by atoms with Gasteiger partial charge in [0.2, 0.25) is 0 Å². The molecule has 0 fully saturated rings. The second-order valence-corrected chi connectivity index (χ2v) is 5.72. The first kappa shape index (κ1) is 14.6. The fourth-order valence-corrected chi connectivity index (χ4v) is 2.51. The van der Waals surface area contributed by atoms with Crippen LogP contribution in [0.3, 0.4) is 0 Å². The molecule has 0 aliphatic carbocycles. The van der Waals surface area contributed by atoms with Crippen molar-refractivity contribution in [3.05, 3.63) is 0 Å². The Morgan fingerprint density at radius 3 is 2.64 bits per heavy atom. The Morgan fingerprint density at radius 2 is 2.14 bits per heavy atom. The highest BCUT2D eigenvalue weighted by Gasteiger charge is 2.13. The van der Waals surface area contributed by atoms with Crippen LogP contribution < -0.4 is 5.32 Å². The number of aliphatic hydroxyl groups excluding tert-OH is 1. The maximum Gasteiger partial charge on any atom is 0.0564 e. The number of nitrogens with one attached hydrogen (secondary N) is 1. The average Bonchev–Trinajstić information content (AvgIpc) is 2.19. The van der Waals surface area contributed by atoms with Gasteiger partial charge >= 0.3 is 0 Å². The second-order valence-electron chi connectivity index (χ2n) is 3.25. The van der Waals surface area contributed by atoms with E-state index in [-0.39, 0.29) is 6.61 Å². The monoisotopic (exact) mass is 237 g/mol. The van der Waals surface area contributed by atoms with Gasteiger partial charge in [-0.15, -0.1) is 0 Å². The minimum atomic E-state index is 0.263. The predicted molar refractivity (Wildman–Crippen MR) is 69.5 cm³/mol. The van der Waals surface area contributed by atoms with Crippen LogP contribution in [0.5, 0.6) is 0 Å². The number of hydrogen-bond acceptors (Lipinski definition) is 4. The van der Waals surface area contributed by atoms with Gasteiger partial charge < -0.3 is 10.4 Å². The highest BCUT2D eigenvalue weighted by molar-refractivity contribution is 7.99. The van der Waals surface area contributed by atoms with Crippen molar-refractivity contribution in [3.8, 4) is 0 Å². The van der Waals surface area contributed by atoms with E-state index < -0.39 is 0 Å². The molecular formula is C10H23NOS2. The molecule has 0 aliphatic heterocycles. The van der Waals surface area contributed by atoms with E-state index in [1.807, 2.05) is 18.0 Å². The Labute approximate surface area is 96.6 Å². The molecule has 2 nitrogen and oxygen atoms in total. The van der Waals surface area contributed by atoms with Gasteiger partial charge in [-0.05, 0) is 37.7 Å². The molecule has 14 heavy (non-hydrogen) atoms. The number of thioether (sulfide) groups is 2. The summed E-state index contributed by atoms with van der Waals surface area (Å²) in [5.41, 5.74) is 0. The quantitative estimate of drug-likeness (QED) is 0.599. The molecule has 0 spiro atoms. The maximum atomic E-state index is 9.07. The molecule has 0 amide bonds. The summed E-state index contributed by atoms with van der Waals surface area (Å²) in [6.07, 6.45) is 3.27. The van der Waals surface area contributed by atoms with E-state index in [0.29, 0.717) is 11.3 Å². The summed E-state index contributed by atoms with van der Waals surface area (Å²) in [6, 6.07) is 0.404. The fraction of sp³-hybridized carbons (Fsp3) is 1.00. The molecule has 0 aromatic heterocycles. The second kappa shape index (κ2) is 10.1. The van der Waals surface area contributed by atoms with Crippen LogP contribution in [0.4, 0.5) is 0 Å². The van der Waals surface area contributed by atoms with E-state index in [4.69, 9.17) is 5.11 Å². The molecule has 0 saturated carbocycles. The lowest BCUT2D eigenvalue weighted by atomic mass is 10.2. The van der Waals surface area contributed by atoms with Gasteiger partial charge in [0.15, 0.2) is 0 Å². The minimum absolute atomic E-state index is 0.263. The van der Waals surface area contributed by atoms with Crippen LogP contribution in [0.1, 0.15) is 20.3 Å². The fourth-order valence-electron chi connectivity index (χ4n) is 1.22. The lowest BCUT2D eigenvalue weighted by Gasteiger charge is -2.21. The minimum Gasteiger partial charge on any atom is -0.395 e. The average molecular weight is 237 g/mol. The van der Waals surface area contributed by atoms with Gasteiger partial charge in [-0.1, -0.05) is 6.92 Å². The summed E-state index contributed by atoms with van der Waals surface area (Å²) in [6.45, 7) is 5.66. The van der Waals surface area contributed by atoms with E-state index >= 15 is 0 Å². The summed E-state index contributed by atoms with van der Waals surface area (Å²) in [7, 11) is 0. The third-order valence-corrected chi connectivity index (χ3v) is 4.32. The van der Waals surface area contributed by atoms with Crippen LogP contribution in [0.25, 0.3) is 0 Å². The van der Waals surface area contributed by atoms with E-state index in [9.17, 15) is 0 Å². The topological polar surface area (TPSA) is 32.3 Å². The summed E-state index contributed by atoms with van der Waals surface area (Å²) in [5.74, 6) is 2.44. The van der Waals surface area contributed by atoms with E-state index in [1.54, 1.807) is 11.8 Å². The molecule has 0 aromatic carbocycles. The molecule has 0 aliphatic rings. The molecule has 2 atom stereocenters. The molecule has 2 unspecified atom stereocenters. The third kappa shape index (κ3) is 6.98. The molecule has 0 radical (unpaired) electrons. The first-order valence-electron chi connectivity index (χ1n) is 5.21. The van der Waals surface area contributed by atoms with Crippen molar-refractivity contribution in [2.24, 2.45) is 0 Å². The summed E-state index contributed by atoms with van der Waals surface area (Å²) in [5, 5.41) is 12.8. The number of aliphatic hydroxyl groups is 1. The zero-order valence-corrected chi connectivity index (χ0v) is 11.1. The van der Waals surface area contributed by atoms with Crippen molar-refractivity contribution in [2.45, 2.75) is 31.6 Å². The van der Waals surface area contributed by atoms with Crippen LogP contribution in [0.2, 0.25) is 0 Å². The van der Waals surface area contributed by atoms with Gasteiger partial charge in [0.25, 0.3) is 0 Å². The Bertz CT molecular complexity index is 121. The van der Waals surface area contributed by atoms with Gasteiger partial charge in [0.1, 0.15) is 0 Å². The zero-order valence-electron chi connectivity index (χ0n) is 9.45. The largest absolute Gasteiger partial charge is 0.395 e. The van der Waals surface area contributed by atoms with E-state index in [2.05, 4.69) is 19.2 Å². The lowest BCUT2D eigenvalue weighted by Crippen LogP contribution is -2.38. The first-order chi connectivity index (χ1) is 6.76. The van der Waals surface area contributed by atoms with E-state index in [0.717, 1.165) is 6.54 Å². The Balaban J connectivity index is 3.37. The van der Waals surface area contributed by atoms with Crippen molar-refractivity contribution in [1.82, 2.24) is 5.32 Å². The van der Waals surface area contributed by atoms with Crippen molar-refractivity contribution in [3.63, 3.8) is 0 Å². The van der Waals surface area contributed by atoms with Crippen LogP contribution in [-0.2, 0) is 0 Å². The molecule has 4 heteroatoms. The molecule has 0 rings (SSSR count). The van der Waals surface area contributed by atoms with Crippen molar-refractivity contribution < 1.29 is 5.11 Å². The van der Waals surface area contributed by atoms with Gasteiger partial charge in [0.05, 0.1) is 6.61 Å². The molecule has 2 N–H and O–H groups in total. The van der Waals surface area contributed by atoms with Crippen LogP contribution in [0, 0.1) is 0 Å². The number of rotatable bonds is 9. The molecule has 0 saturated heterocycles. The van der Waals surface area contributed by atoms with Crippen molar-refractivity contribution in [2.75, 3.05) is 30.9 Å². The highest BCUT2D eigenvalue weighted by atomic mass is 32.2. The summed E-state index contributed by atoms with van der Waals surface area (Å²) in [4.78, 5) is 0.